The molecule has 1 fully saturated rings. The number of hydrogen-bond donors (Lipinski definition) is 3. The van der Waals surface area contributed by atoms with Crippen molar-refractivity contribution in [3.63, 3.8) is 0 Å². The molecule has 5 N–H and O–H groups in total. The number of nitrogens with two attached hydrogens (primary N) is 2. The summed E-state index contributed by atoms with van der Waals surface area (Å²) in [5.74, 6) is -0.636. The minimum absolute atomic E-state index is 0.0670. The van der Waals surface area contributed by atoms with Crippen LogP contribution in [-0.2, 0) is 10.0 Å². The largest absolute Gasteiger partial charge is 0.379 e. The van der Waals surface area contributed by atoms with E-state index in [1.807, 2.05) is 13.8 Å². The van der Waals surface area contributed by atoms with E-state index in [-0.39, 0.29) is 28.1 Å². The van der Waals surface area contributed by atoms with Gasteiger partial charge >= 0.3 is 0 Å². The van der Waals surface area contributed by atoms with Crippen molar-refractivity contribution in [2.45, 2.75) is 37.2 Å². The van der Waals surface area contributed by atoms with Crippen LogP contribution < -0.4 is 16.2 Å². The highest BCUT2D eigenvalue weighted by Crippen LogP contribution is 2.41. The summed E-state index contributed by atoms with van der Waals surface area (Å²) in [5, 5.41) is 8.00. The van der Waals surface area contributed by atoms with E-state index < -0.39 is 15.8 Å². The Balaban J connectivity index is 2.20. The molecule has 0 spiro atoms. The second kappa shape index (κ2) is 4.43. The fourth-order valence-corrected chi connectivity index (χ4v) is 2.71. The first-order valence-electron chi connectivity index (χ1n) is 5.97. The molecule has 1 aromatic carbocycles. The van der Waals surface area contributed by atoms with Crippen LogP contribution in [0.1, 0.15) is 20.3 Å². The van der Waals surface area contributed by atoms with Gasteiger partial charge in [-0.1, -0.05) is 13.8 Å². The lowest BCUT2D eigenvalue weighted by atomic mass is 9.63. The molecule has 2 atom stereocenters. The zero-order valence-corrected chi connectivity index (χ0v) is 11.7. The number of rotatable bonds is 3. The van der Waals surface area contributed by atoms with Gasteiger partial charge in [0.15, 0.2) is 0 Å². The Morgan fingerprint density at radius 3 is 2.47 bits per heavy atom. The average Bonchev–Trinajstić information content (AvgIpc) is 2.29. The maximum Gasteiger partial charge on any atom is 0.238 e. The SMILES string of the molecule is CC1(C)C(N)CC1Nc1ccc(S(N)(=O)=O)cc1F. The molecule has 0 bridgehead atoms. The molecule has 1 aliphatic rings. The number of benzene rings is 1. The summed E-state index contributed by atoms with van der Waals surface area (Å²) in [6.07, 6.45) is 0.753. The first kappa shape index (κ1) is 14.2. The second-order valence-corrected chi connectivity index (χ2v) is 7.11. The number of halogens is 1. The third-order valence-electron chi connectivity index (χ3n) is 3.94. The van der Waals surface area contributed by atoms with E-state index in [9.17, 15) is 12.8 Å². The van der Waals surface area contributed by atoms with Crippen LogP contribution in [0.25, 0.3) is 0 Å². The maximum absolute atomic E-state index is 13.8. The van der Waals surface area contributed by atoms with Crippen molar-refractivity contribution in [1.82, 2.24) is 0 Å². The summed E-state index contributed by atoms with van der Waals surface area (Å²) < 4.78 is 36.0. The highest BCUT2D eigenvalue weighted by atomic mass is 32.2. The Hall–Kier alpha value is -1.18. The van der Waals surface area contributed by atoms with E-state index in [0.717, 1.165) is 12.5 Å². The van der Waals surface area contributed by atoms with Crippen molar-refractivity contribution in [3.05, 3.63) is 24.0 Å². The van der Waals surface area contributed by atoms with E-state index in [1.165, 1.54) is 12.1 Å². The lowest BCUT2D eigenvalue weighted by Gasteiger charge is -2.51. The summed E-state index contributed by atoms with van der Waals surface area (Å²) >= 11 is 0. The Labute approximate surface area is 112 Å². The van der Waals surface area contributed by atoms with E-state index in [4.69, 9.17) is 10.9 Å². The van der Waals surface area contributed by atoms with E-state index in [0.29, 0.717) is 0 Å². The molecule has 2 rings (SSSR count). The van der Waals surface area contributed by atoms with Gasteiger partial charge in [0.05, 0.1) is 10.6 Å². The van der Waals surface area contributed by atoms with Gasteiger partial charge in [0.2, 0.25) is 10.0 Å². The lowest BCUT2D eigenvalue weighted by Crippen LogP contribution is -2.61. The molecule has 5 nitrogen and oxygen atoms in total. The fraction of sp³-hybridized carbons (Fsp3) is 0.500. The first-order chi connectivity index (χ1) is 8.62. The minimum atomic E-state index is -3.88. The number of sulfonamides is 1. The van der Waals surface area contributed by atoms with Crippen molar-refractivity contribution < 1.29 is 12.8 Å². The van der Waals surface area contributed by atoms with E-state index in [2.05, 4.69) is 5.32 Å². The van der Waals surface area contributed by atoms with Crippen LogP contribution in [-0.4, -0.2) is 20.5 Å². The quantitative estimate of drug-likeness (QED) is 0.772. The van der Waals surface area contributed by atoms with Crippen molar-refractivity contribution in [3.8, 4) is 0 Å². The predicted molar refractivity (Wildman–Crippen MR) is 71.6 cm³/mol. The van der Waals surface area contributed by atoms with Crippen molar-refractivity contribution in [2.75, 3.05) is 5.32 Å². The molecule has 0 heterocycles. The van der Waals surface area contributed by atoms with Gasteiger partial charge in [-0.3, -0.25) is 0 Å². The van der Waals surface area contributed by atoms with Gasteiger partial charge in [-0.25, -0.2) is 17.9 Å². The fourth-order valence-electron chi connectivity index (χ4n) is 2.18. The number of hydrogen-bond acceptors (Lipinski definition) is 4. The molecule has 0 aromatic heterocycles. The molecule has 19 heavy (non-hydrogen) atoms. The smallest absolute Gasteiger partial charge is 0.238 e. The molecule has 106 valence electrons. The van der Waals surface area contributed by atoms with Crippen LogP contribution in [0.15, 0.2) is 23.1 Å². The van der Waals surface area contributed by atoms with E-state index in [1.54, 1.807) is 0 Å². The third kappa shape index (κ3) is 2.58. The van der Waals surface area contributed by atoms with Gasteiger partial charge in [0, 0.05) is 17.5 Å². The van der Waals surface area contributed by atoms with Crippen molar-refractivity contribution >= 4 is 15.7 Å². The molecule has 1 aromatic rings. The highest BCUT2D eigenvalue weighted by molar-refractivity contribution is 7.89. The normalized spacial score (nSPS) is 25.7. The van der Waals surface area contributed by atoms with Crippen LogP contribution in [0.5, 0.6) is 0 Å². The molecular weight excluding hydrogens is 269 g/mol. The zero-order chi connectivity index (χ0) is 14.4. The molecule has 2 unspecified atom stereocenters. The van der Waals surface area contributed by atoms with Gasteiger partial charge in [0.25, 0.3) is 0 Å². The zero-order valence-electron chi connectivity index (χ0n) is 10.9. The van der Waals surface area contributed by atoms with Gasteiger partial charge < -0.3 is 11.1 Å². The third-order valence-corrected chi connectivity index (χ3v) is 4.85. The summed E-state index contributed by atoms with van der Waals surface area (Å²) in [4.78, 5) is -0.236. The van der Waals surface area contributed by atoms with Gasteiger partial charge in [-0.15, -0.1) is 0 Å². The molecule has 0 aliphatic heterocycles. The van der Waals surface area contributed by atoms with Gasteiger partial charge in [0.1, 0.15) is 5.82 Å². The Kier molecular flexibility index (Phi) is 3.32. The Bertz CT molecular complexity index is 601. The van der Waals surface area contributed by atoms with Crippen LogP contribution in [0, 0.1) is 11.2 Å². The summed E-state index contributed by atoms with van der Waals surface area (Å²) in [7, 11) is -3.88. The summed E-state index contributed by atoms with van der Waals surface area (Å²) in [6.45, 7) is 4.02. The topological polar surface area (TPSA) is 98.2 Å². The lowest BCUT2D eigenvalue weighted by molar-refractivity contribution is 0.117. The molecule has 7 heteroatoms. The predicted octanol–water partition coefficient (Wildman–Crippen LogP) is 1.01. The van der Waals surface area contributed by atoms with Crippen molar-refractivity contribution in [2.24, 2.45) is 16.3 Å². The average molecular weight is 287 g/mol. The highest BCUT2D eigenvalue weighted by Gasteiger charge is 2.46. The molecule has 0 amide bonds. The minimum Gasteiger partial charge on any atom is -0.379 e. The standard InChI is InChI=1S/C12H18FN3O2S/c1-12(2)10(14)6-11(12)16-9-4-3-7(5-8(9)13)19(15,17)18/h3-5,10-11,16H,6,14H2,1-2H3,(H2,15,17,18). The van der Waals surface area contributed by atoms with Gasteiger partial charge in [-0.2, -0.15) is 0 Å². The number of anilines is 1. The number of primary sulfonamides is 1. The molecule has 0 saturated heterocycles. The first-order valence-corrected chi connectivity index (χ1v) is 7.51. The van der Waals surface area contributed by atoms with E-state index >= 15 is 0 Å². The molecular formula is C12H18FN3O2S. The summed E-state index contributed by atoms with van der Waals surface area (Å²) in [6, 6.07) is 3.74. The Morgan fingerprint density at radius 1 is 1.42 bits per heavy atom. The van der Waals surface area contributed by atoms with Crippen LogP contribution >= 0.6 is 0 Å². The maximum atomic E-state index is 13.8. The van der Waals surface area contributed by atoms with Crippen LogP contribution in [0.4, 0.5) is 10.1 Å². The second-order valence-electron chi connectivity index (χ2n) is 5.55. The van der Waals surface area contributed by atoms with Gasteiger partial charge in [-0.05, 0) is 24.6 Å². The van der Waals surface area contributed by atoms with Crippen molar-refractivity contribution in [1.29, 1.82) is 0 Å². The van der Waals surface area contributed by atoms with Crippen LogP contribution in [0.2, 0.25) is 0 Å². The van der Waals surface area contributed by atoms with Crippen LogP contribution in [0.3, 0.4) is 0 Å². The number of nitrogens with one attached hydrogen (secondary N) is 1. The molecule has 1 aliphatic carbocycles. The monoisotopic (exact) mass is 287 g/mol. The Morgan fingerprint density at radius 2 is 2.05 bits per heavy atom. The molecule has 1 saturated carbocycles. The summed E-state index contributed by atoms with van der Waals surface area (Å²) in [5.41, 5.74) is 6.03. The molecule has 0 radical (unpaired) electrons.